The average Bonchev–Trinajstić information content (AvgIpc) is 2.28. The highest BCUT2D eigenvalue weighted by Crippen LogP contribution is 2.31. The van der Waals surface area contributed by atoms with Crippen molar-refractivity contribution in [1.82, 2.24) is 0 Å². The Morgan fingerprint density at radius 1 is 1.17 bits per heavy atom. The van der Waals surface area contributed by atoms with Gasteiger partial charge in [0, 0.05) is 0 Å². The zero-order valence-corrected chi connectivity index (χ0v) is 11.7. The zero-order chi connectivity index (χ0) is 13.6. The van der Waals surface area contributed by atoms with E-state index in [1.807, 2.05) is 6.92 Å². The number of rotatable bonds is 5. The van der Waals surface area contributed by atoms with Gasteiger partial charge in [-0.1, -0.05) is 20.3 Å². The lowest BCUT2D eigenvalue weighted by atomic mass is 9.86. The number of ether oxygens (including phenoxy) is 2. The van der Waals surface area contributed by atoms with E-state index >= 15 is 0 Å². The van der Waals surface area contributed by atoms with E-state index < -0.39 is 0 Å². The summed E-state index contributed by atoms with van der Waals surface area (Å²) < 4.78 is 10.4. The first-order chi connectivity index (χ1) is 8.43. The second-order valence-electron chi connectivity index (χ2n) is 5.56. The summed E-state index contributed by atoms with van der Waals surface area (Å²) in [6.07, 6.45) is 5.47. The van der Waals surface area contributed by atoms with E-state index in [1.54, 1.807) is 13.8 Å². The minimum absolute atomic E-state index is 0.117. The Hall–Kier alpha value is -1.06. The van der Waals surface area contributed by atoms with E-state index in [-0.39, 0.29) is 36.5 Å². The lowest BCUT2D eigenvalue weighted by molar-refractivity contribution is -0.163. The van der Waals surface area contributed by atoms with Gasteiger partial charge in [-0.25, -0.2) is 0 Å². The molecule has 0 saturated heterocycles. The van der Waals surface area contributed by atoms with Gasteiger partial charge in [0.05, 0.1) is 12.3 Å². The highest BCUT2D eigenvalue weighted by Gasteiger charge is 2.30. The molecule has 0 heterocycles. The van der Waals surface area contributed by atoms with Gasteiger partial charge in [0.15, 0.2) is 0 Å². The van der Waals surface area contributed by atoms with Crippen LogP contribution in [0.1, 0.15) is 59.3 Å². The van der Waals surface area contributed by atoms with Crippen molar-refractivity contribution >= 4 is 11.9 Å². The van der Waals surface area contributed by atoms with Gasteiger partial charge in [0.2, 0.25) is 0 Å². The molecule has 1 aliphatic carbocycles. The van der Waals surface area contributed by atoms with Crippen LogP contribution in [0, 0.1) is 5.92 Å². The molecule has 4 heteroatoms. The fourth-order valence-corrected chi connectivity index (χ4v) is 2.13. The van der Waals surface area contributed by atoms with Crippen molar-refractivity contribution in [3.05, 3.63) is 0 Å². The molecular formula is C14H24O4. The smallest absolute Gasteiger partial charge is 0.309 e. The first-order valence-corrected chi connectivity index (χ1v) is 6.81. The van der Waals surface area contributed by atoms with Gasteiger partial charge in [-0.3, -0.25) is 9.59 Å². The number of esters is 2. The molecule has 0 N–H and O–H groups in total. The van der Waals surface area contributed by atoms with E-state index in [0.29, 0.717) is 0 Å². The number of carbonyl (C=O) groups excluding carboxylic acids is 2. The Balaban J connectivity index is 2.23. The van der Waals surface area contributed by atoms with Crippen LogP contribution in [0.5, 0.6) is 0 Å². The number of carbonyl (C=O) groups is 2. The molecular weight excluding hydrogens is 232 g/mol. The molecule has 4 nitrogen and oxygen atoms in total. The van der Waals surface area contributed by atoms with E-state index in [2.05, 4.69) is 0 Å². The summed E-state index contributed by atoms with van der Waals surface area (Å²) in [5.41, 5.74) is -0.308. The first kappa shape index (κ1) is 15.0. The third-order valence-electron chi connectivity index (χ3n) is 3.29. The molecule has 104 valence electrons. The van der Waals surface area contributed by atoms with Crippen molar-refractivity contribution in [2.45, 2.75) is 64.9 Å². The van der Waals surface area contributed by atoms with E-state index in [4.69, 9.17) is 9.47 Å². The van der Waals surface area contributed by atoms with Crippen molar-refractivity contribution in [1.29, 1.82) is 0 Å². The predicted molar refractivity (Wildman–Crippen MR) is 68.0 cm³/mol. The minimum atomic E-state index is -0.308. The van der Waals surface area contributed by atoms with Crippen molar-refractivity contribution in [3.63, 3.8) is 0 Å². The highest BCUT2D eigenvalue weighted by atomic mass is 16.6. The molecule has 18 heavy (non-hydrogen) atoms. The topological polar surface area (TPSA) is 52.6 Å². The van der Waals surface area contributed by atoms with Crippen LogP contribution in [0.4, 0.5) is 0 Å². The van der Waals surface area contributed by atoms with Crippen LogP contribution in [-0.4, -0.2) is 24.1 Å². The summed E-state index contributed by atoms with van der Waals surface area (Å²) >= 11 is 0. The largest absolute Gasteiger partial charge is 0.465 e. The molecule has 0 aromatic heterocycles. The van der Waals surface area contributed by atoms with Gasteiger partial charge in [-0.15, -0.1) is 0 Å². The first-order valence-electron chi connectivity index (χ1n) is 6.81. The normalized spacial score (nSPS) is 18.4. The molecule has 1 fully saturated rings. The molecule has 0 spiro atoms. The third-order valence-corrected chi connectivity index (χ3v) is 3.29. The molecule has 0 bridgehead atoms. The van der Waals surface area contributed by atoms with Crippen LogP contribution in [0.2, 0.25) is 0 Å². The van der Waals surface area contributed by atoms with Gasteiger partial charge >= 0.3 is 11.9 Å². The fourth-order valence-electron chi connectivity index (χ4n) is 2.13. The Kier molecular flexibility index (Phi) is 5.63. The molecule has 0 aliphatic heterocycles. The Morgan fingerprint density at radius 2 is 1.78 bits per heavy atom. The lowest BCUT2D eigenvalue weighted by Crippen LogP contribution is -2.34. The highest BCUT2D eigenvalue weighted by molar-refractivity contribution is 5.73. The Labute approximate surface area is 109 Å². The summed E-state index contributed by atoms with van der Waals surface area (Å²) in [5.74, 6) is -0.695. The van der Waals surface area contributed by atoms with Crippen LogP contribution in [-0.2, 0) is 19.1 Å². The summed E-state index contributed by atoms with van der Waals surface area (Å²) in [7, 11) is 0. The quantitative estimate of drug-likeness (QED) is 0.710. The van der Waals surface area contributed by atoms with Crippen LogP contribution in [0.25, 0.3) is 0 Å². The van der Waals surface area contributed by atoms with E-state index in [9.17, 15) is 9.59 Å². The Morgan fingerprint density at radius 3 is 2.33 bits per heavy atom. The standard InChI is InChI=1S/C14H24O4/c1-11(2)13(16)17-10-7-12(15)18-14(3)8-5-4-6-9-14/h11H,4-10H2,1-3H3. The van der Waals surface area contributed by atoms with Gasteiger partial charge in [-0.2, -0.15) is 0 Å². The number of hydrogen-bond acceptors (Lipinski definition) is 4. The lowest BCUT2D eigenvalue weighted by Gasteiger charge is -2.33. The molecule has 0 aromatic carbocycles. The van der Waals surface area contributed by atoms with Gasteiger partial charge < -0.3 is 9.47 Å². The van der Waals surface area contributed by atoms with Crippen molar-refractivity contribution in [2.75, 3.05) is 6.61 Å². The SMILES string of the molecule is CC(C)C(=O)OCCC(=O)OC1(C)CCCCC1. The van der Waals surface area contributed by atoms with Gasteiger partial charge in [0.25, 0.3) is 0 Å². The van der Waals surface area contributed by atoms with Crippen molar-refractivity contribution < 1.29 is 19.1 Å². The second kappa shape index (κ2) is 6.76. The Bertz CT molecular complexity index is 290. The third kappa shape index (κ3) is 5.07. The fraction of sp³-hybridized carbons (Fsp3) is 0.857. The minimum Gasteiger partial charge on any atom is -0.465 e. The van der Waals surface area contributed by atoms with Gasteiger partial charge in [0.1, 0.15) is 12.2 Å². The predicted octanol–water partition coefficient (Wildman–Crippen LogP) is 2.84. The maximum absolute atomic E-state index is 11.7. The molecule has 0 amide bonds. The van der Waals surface area contributed by atoms with Crippen molar-refractivity contribution in [3.8, 4) is 0 Å². The molecule has 1 rings (SSSR count). The van der Waals surface area contributed by atoms with Crippen molar-refractivity contribution in [2.24, 2.45) is 5.92 Å². The van der Waals surface area contributed by atoms with Crippen LogP contribution in [0.15, 0.2) is 0 Å². The molecule has 1 saturated carbocycles. The molecule has 0 unspecified atom stereocenters. The second-order valence-corrected chi connectivity index (χ2v) is 5.56. The van der Waals surface area contributed by atoms with Gasteiger partial charge in [-0.05, 0) is 32.6 Å². The average molecular weight is 256 g/mol. The maximum Gasteiger partial charge on any atom is 0.309 e. The molecule has 1 aliphatic rings. The monoisotopic (exact) mass is 256 g/mol. The molecule has 0 aromatic rings. The van der Waals surface area contributed by atoms with Crippen LogP contribution >= 0.6 is 0 Å². The number of hydrogen-bond donors (Lipinski definition) is 0. The summed E-state index contributed by atoms with van der Waals surface area (Å²) in [5, 5.41) is 0. The van der Waals surface area contributed by atoms with Crippen LogP contribution in [0.3, 0.4) is 0 Å². The summed E-state index contributed by atoms with van der Waals surface area (Å²) in [4.78, 5) is 22.9. The molecule has 0 radical (unpaired) electrons. The summed E-state index contributed by atoms with van der Waals surface area (Å²) in [6.45, 7) is 5.64. The van der Waals surface area contributed by atoms with Crippen LogP contribution < -0.4 is 0 Å². The molecule has 0 atom stereocenters. The summed E-state index contributed by atoms with van der Waals surface area (Å²) in [6, 6.07) is 0. The van der Waals surface area contributed by atoms with E-state index in [0.717, 1.165) is 25.7 Å². The maximum atomic E-state index is 11.7. The zero-order valence-electron chi connectivity index (χ0n) is 11.7. The van der Waals surface area contributed by atoms with E-state index in [1.165, 1.54) is 6.42 Å².